The summed E-state index contributed by atoms with van der Waals surface area (Å²) in [6.07, 6.45) is 0.754. The third kappa shape index (κ3) is 3.42. The average molecular weight is 348 g/mol. The molecule has 0 fully saturated rings. The van der Waals surface area contributed by atoms with Gasteiger partial charge in [-0.2, -0.15) is 0 Å². The summed E-state index contributed by atoms with van der Waals surface area (Å²) in [5.74, 6) is 1.09. The van der Waals surface area contributed by atoms with Crippen molar-refractivity contribution in [3.63, 3.8) is 0 Å². The molecule has 1 aromatic heterocycles. The molecule has 5 nitrogen and oxygen atoms in total. The first kappa shape index (κ1) is 17.6. The Morgan fingerprint density at radius 1 is 1.12 bits per heavy atom. The smallest absolute Gasteiger partial charge is 0.254 e. The van der Waals surface area contributed by atoms with E-state index >= 15 is 0 Å². The zero-order valence-corrected chi connectivity index (χ0v) is 15.0. The summed E-state index contributed by atoms with van der Waals surface area (Å²) in [5.41, 5.74) is 2.68. The third-order valence-corrected chi connectivity index (χ3v) is 4.44. The van der Waals surface area contributed by atoms with Crippen LogP contribution in [0.1, 0.15) is 45.1 Å². The Hall–Kier alpha value is -3.21. The highest BCUT2D eigenvalue weighted by Gasteiger charge is 2.24. The lowest BCUT2D eigenvalue weighted by molar-refractivity contribution is 0.0739. The molecule has 3 aromatic rings. The number of rotatable bonds is 5. The molecule has 3 rings (SSSR count). The van der Waals surface area contributed by atoms with E-state index in [9.17, 15) is 9.59 Å². The molecule has 5 heteroatoms. The van der Waals surface area contributed by atoms with Gasteiger partial charge in [0.15, 0.2) is 0 Å². The van der Waals surface area contributed by atoms with Gasteiger partial charge in [-0.3, -0.25) is 9.59 Å². The summed E-state index contributed by atoms with van der Waals surface area (Å²) in [7, 11) is 1.73. The molecule has 0 radical (unpaired) electrons. The minimum absolute atomic E-state index is 0.140. The lowest BCUT2D eigenvalue weighted by atomic mass is 10.1. The quantitative estimate of drug-likeness (QED) is 0.645. The molecule has 1 amide bonds. The minimum Gasteiger partial charge on any atom is -0.441 e. The Morgan fingerprint density at radius 2 is 1.77 bits per heavy atom. The van der Waals surface area contributed by atoms with E-state index in [2.05, 4.69) is 4.98 Å². The Kier molecular flexibility index (Phi) is 4.98. The maximum absolute atomic E-state index is 12.7. The second-order valence-electron chi connectivity index (χ2n) is 6.16. The molecule has 1 heterocycles. The zero-order valence-electron chi connectivity index (χ0n) is 15.0. The normalized spacial score (nSPS) is 11.8. The van der Waals surface area contributed by atoms with E-state index in [1.807, 2.05) is 44.2 Å². The van der Waals surface area contributed by atoms with Gasteiger partial charge in [0.25, 0.3) is 5.91 Å². The molecule has 1 atom stereocenters. The van der Waals surface area contributed by atoms with Gasteiger partial charge in [0.05, 0.1) is 6.04 Å². The molecule has 26 heavy (non-hydrogen) atoms. The molecule has 0 saturated heterocycles. The highest BCUT2D eigenvalue weighted by Crippen LogP contribution is 2.28. The van der Waals surface area contributed by atoms with Gasteiger partial charge in [0.2, 0.25) is 5.89 Å². The first-order valence-corrected chi connectivity index (χ1v) is 8.36. The maximum Gasteiger partial charge on any atom is 0.254 e. The van der Waals surface area contributed by atoms with Crippen molar-refractivity contribution < 1.29 is 14.0 Å². The van der Waals surface area contributed by atoms with Crippen molar-refractivity contribution in [3.05, 3.63) is 77.2 Å². The molecule has 0 aliphatic heterocycles. The molecular formula is C21H20N2O3. The molecule has 0 aliphatic rings. The number of hydrogen-bond donors (Lipinski definition) is 0. The number of oxazole rings is 1. The van der Waals surface area contributed by atoms with Crippen LogP contribution in [-0.4, -0.2) is 29.1 Å². The highest BCUT2D eigenvalue weighted by molar-refractivity contribution is 5.95. The van der Waals surface area contributed by atoms with Crippen molar-refractivity contribution >= 4 is 12.2 Å². The number of carbonyl (C=O) groups excluding carboxylic acids is 2. The van der Waals surface area contributed by atoms with Gasteiger partial charge < -0.3 is 9.32 Å². The molecule has 2 aromatic carbocycles. The van der Waals surface area contributed by atoms with Crippen molar-refractivity contribution in [2.24, 2.45) is 0 Å². The number of carbonyl (C=O) groups is 2. The van der Waals surface area contributed by atoms with Crippen LogP contribution >= 0.6 is 0 Å². The number of aldehydes is 1. The molecule has 0 saturated carbocycles. The van der Waals surface area contributed by atoms with Crippen LogP contribution in [0.25, 0.3) is 11.5 Å². The first-order chi connectivity index (χ1) is 12.5. The topological polar surface area (TPSA) is 63.4 Å². The standard InChI is InChI=1S/C21H20N2O3/c1-14(23(3)21(25)18-11-9-16(13-24)10-12-18)19-15(2)26-20(22-19)17-7-5-4-6-8-17/h4-14H,1-3H3. The fraction of sp³-hybridized carbons (Fsp3) is 0.190. The second kappa shape index (κ2) is 7.35. The second-order valence-corrected chi connectivity index (χ2v) is 6.16. The summed E-state index contributed by atoms with van der Waals surface area (Å²) in [6.45, 7) is 3.76. The largest absolute Gasteiger partial charge is 0.441 e. The van der Waals surface area contributed by atoms with Crippen LogP contribution in [0.2, 0.25) is 0 Å². The molecular weight excluding hydrogens is 328 g/mol. The number of amides is 1. The van der Waals surface area contributed by atoms with Gasteiger partial charge in [0.1, 0.15) is 17.7 Å². The first-order valence-electron chi connectivity index (χ1n) is 8.36. The summed E-state index contributed by atoms with van der Waals surface area (Å²) in [6, 6.07) is 16.0. The van der Waals surface area contributed by atoms with E-state index in [0.717, 1.165) is 17.5 Å². The Labute approximate surface area is 152 Å². The molecule has 0 aliphatic carbocycles. The van der Waals surface area contributed by atoms with E-state index < -0.39 is 0 Å². The predicted molar refractivity (Wildman–Crippen MR) is 99.0 cm³/mol. The van der Waals surface area contributed by atoms with Crippen LogP contribution in [0.4, 0.5) is 0 Å². The Balaban J connectivity index is 1.83. The van der Waals surface area contributed by atoms with Crippen LogP contribution in [0.3, 0.4) is 0 Å². The van der Waals surface area contributed by atoms with Crippen molar-refractivity contribution in [2.45, 2.75) is 19.9 Å². The van der Waals surface area contributed by atoms with Crippen molar-refractivity contribution in [3.8, 4) is 11.5 Å². The van der Waals surface area contributed by atoms with Gasteiger partial charge in [0, 0.05) is 23.7 Å². The van der Waals surface area contributed by atoms with E-state index in [1.54, 1.807) is 36.2 Å². The summed E-state index contributed by atoms with van der Waals surface area (Å²) >= 11 is 0. The van der Waals surface area contributed by atoms with Gasteiger partial charge >= 0.3 is 0 Å². The van der Waals surface area contributed by atoms with Gasteiger partial charge in [-0.15, -0.1) is 0 Å². The Bertz CT molecular complexity index is 914. The molecule has 0 bridgehead atoms. The van der Waals surface area contributed by atoms with Gasteiger partial charge in [-0.25, -0.2) is 4.98 Å². The van der Waals surface area contributed by atoms with Crippen LogP contribution in [0, 0.1) is 6.92 Å². The van der Waals surface area contributed by atoms with Crippen LogP contribution in [-0.2, 0) is 0 Å². The lowest BCUT2D eigenvalue weighted by Crippen LogP contribution is -2.30. The summed E-state index contributed by atoms with van der Waals surface area (Å²) in [4.78, 5) is 29.7. The van der Waals surface area contributed by atoms with Gasteiger partial charge in [-0.05, 0) is 38.1 Å². The van der Waals surface area contributed by atoms with E-state index in [0.29, 0.717) is 22.8 Å². The molecule has 0 N–H and O–H groups in total. The molecule has 132 valence electrons. The number of nitrogens with zero attached hydrogens (tertiary/aromatic N) is 2. The van der Waals surface area contributed by atoms with Crippen LogP contribution in [0.15, 0.2) is 59.0 Å². The minimum atomic E-state index is -0.255. The van der Waals surface area contributed by atoms with E-state index in [4.69, 9.17) is 4.42 Å². The number of hydrogen-bond acceptors (Lipinski definition) is 4. The number of aromatic nitrogens is 1. The zero-order chi connectivity index (χ0) is 18.7. The average Bonchev–Trinajstić information content (AvgIpc) is 3.08. The maximum atomic E-state index is 12.7. The monoisotopic (exact) mass is 348 g/mol. The lowest BCUT2D eigenvalue weighted by Gasteiger charge is -2.24. The van der Waals surface area contributed by atoms with Gasteiger partial charge in [-0.1, -0.05) is 30.3 Å². The van der Waals surface area contributed by atoms with Crippen LogP contribution in [0.5, 0.6) is 0 Å². The van der Waals surface area contributed by atoms with Crippen molar-refractivity contribution in [2.75, 3.05) is 7.05 Å². The summed E-state index contributed by atoms with van der Waals surface area (Å²) < 4.78 is 5.80. The number of benzene rings is 2. The van der Waals surface area contributed by atoms with Crippen LogP contribution < -0.4 is 0 Å². The van der Waals surface area contributed by atoms with E-state index in [1.165, 1.54) is 0 Å². The Morgan fingerprint density at radius 3 is 2.38 bits per heavy atom. The van der Waals surface area contributed by atoms with Crippen molar-refractivity contribution in [1.29, 1.82) is 0 Å². The predicted octanol–water partition coefficient (Wildman–Crippen LogP) is 4.30. The number of aryl methyl sites for hydroxylation is 1. The molecule has 1 unspecified atom stereocenters. The third-order valence-electron chi connectivity index (χ3n) is 4.44. The molecule has 0 spiro atoms. The fourth-order valence-electron chi connectivity index (χ4n) is 2.77. The summed E-state index contributed by atoms with van der Waals surface area (Å²) in [5, 5.41) is 0. The van der Waals surface area contributed by atoms with Crippen molar-refractivity contribution in [1.82, 2.24) is 9.88 Å². The van der Waals surface area contributed by atoms with E-state index in [-0.39, 0.29) is 11.9 Å². The fourth-order valence-corrected chi connectivity index (χ4v) is 2.77. The highest BCUT2D eigenvalue weighted by atomic mass is 16.4. The SMILES string of the molecule is Cc1oc(-c2ccccc2)nc1C(C)N(C)C(=O)c1ccc(C=O)cc1.